The maximum Gasteiger partial charge on any atom is 0.142 e. The minimum absolute atomic E-state index is 0.0628. The van der Waals surface area contributed by atoms with Gasteiger partial charge in [-0.1, -0.05) is 13.0 Å². The highest BCUT2D eigenvalue weighted by atomic mass is 15.2. The van der Waals surface area contributed by atoms with E-state index < -0.39 is 0 Å². The molecule has 1 aromatic rings. The molecule has 0 saturated carbocycles. The second kappa shape index (κ2) is 5.27. The molecule has 0 spiro atoms. The Bertz CT molecular complexity index is 402. The average molecular weight is 232 g/mol. The Hall–Kier alpha value is -1.42. The van der Waals surface area contributed by atoms with E-state index in [2.05, 4.69) is 16.8 Å². The average Bonchev–Trinajstić information content (AvgIpc) is 2.77. The highest BCUT2D eigenvalue weighted by molar-refractivity contribution is 5.94. The first kappa shape index (κ1) is 12.0. The van der Waals surface area contributed by atoms with Crippen LogP contribution in [0.3, 0.4) is 0 Å². The minimum Gasteiger partial charge on any atom is -0.382 e. The van der Waals surface area contributed by atoms with E-state index in [1.54, 1.807) is 6.20 Å². The molecule has 1 aliphatic heterocycles. The number of nitrogens with two attached hydrogens (primary N) is 1. The number of nitrogen functional groups attached to an aromatic ring is 1. The second-order valence-electron chi connectivity index (χ2n) is 4.60. The molecule has 2 rings (SSSR count). The predicted molar refractivity (Wildman–Crippen MR) is 69.0 cm³/mol. The zero-order valence-electron chi connectivity index (χ0n) is 10.3. The van der Waals surface area contributed by atoms with Crippen molar-refractivity contribution in [3.8, 4) is 0 Å². The van der Waals surface area contributed by atoms with Gasteiger partial charge in [-0.05, 0) is 37.4 Å². The molecule has 1 atom stereocenters. The number of nitrogens with zero attached hydrogens (tertiary/aromatic N) is 2. The van der Waals surface area contributed by atoms with Gasteiger partial charge in [0, 0.05) is 18.8 Å². The number of likely N-dealkylation sites (tertiary alicyclic amines) is 1. The second-order valence-corrected chi connectivity index (χ2v) is 4.60. The Morgan fingerprint density at radius 1 is 1.65 bits per heavy atom. The van der Waals surface area contributed by atoms with Gasteiger partial charge < -0.3 is 5.73 Å². The maximum atomic E-state index is 7.54. The molecular formula is C13H20N4. The van der Waals surface area contributed by atoms with Crippen LogP contribution in [-0.2, 0) is 6.54 Å². The van der Waals surface area contributed by atoms with Crippen LogP contribution in [0.4, 0.5) is 0 Å². The van der Waals surface area contributed by atoms with Crippen LogP contribution in [0.5, 0.6) is 0 Å². The van der Waals surface area contributed by atoms with Crippen LogP contribution in [0.25, 0.3) is 0 Å². The smallest absolute Gasteiger partial charge is 0.142 e. The summed E-state index contributed by atoms with van der Waals surface area (Å²) in [7, 11) is 0. The minimum atomic E-state index is 0.0628. The molecule has 1 fully saturated rings. The Morgan fingerprint density at radius 2 is 2.47 bits per heavy atom. The van der Waals surface area contributed by atoms with E-state index in [-0.39, 0.29) is 5.84 Å². The molecule has 0 bridgehead atoms. The lowest BCUT2D eigenvalue weighted by atomic mass is 10.1. The zero-order valence-corrected chi connectivity index (χ0v) is 10.3. The van der Waals surface area contributed by atoms with Gasteiger partial charge in [0.2, 0.25) is 0 Å². The molecule has 17 heavy (non-hydrogen) atoms. The van der Waals surface area contributed by atoms with E-state index in [9.17, 15) is 0 Å². The summed E-state index contributed by atoms with van der Waals surface area (Å²) < 4.78 is 0. The SMILES string of the molecule is CCC1CCCN1Cc1cccnc1C(=N)N. The largest absolute Gasteiger partial charge is 0.382 e. The Balaban J connectivity index is 2.15. The molecule has 4 nitrogen and oxygen atoms in total. The standard InChI is InChI=1S/C13H20N4/c1-2-11-6-4-8-17(11)9-10-5-3-7-16-12(10)13(14)15/h3,5,7,11H,2,4,6,8-9H2,1H3,(H3,14,15). The lowest BCUT2D eigenvalue weighted by molar-refractivity contribution is 0.239. The molecule has 1 saturated heterocycles. The summed E-state index contributed by atoms with van der Waals surface area (Å²) in [4.78, 5) is 6.67. The summed E-state index contributed by atoms with van der Waals surface area (Å²) in [5, 5.41) is 7.54. The molecule has 92 valence electrons. The Labute approximate surface area is 102 Å². The van der Waals surface area contributed by atoms with Gasteiger partial charge in [0.15, 0.2) is 0 Å². The highest BCUT2D eigenvalue weighted by Crippen LogP contribution is 2.22. The molecule has 0 aromatic carbocycles. The summed E-state index contributed by atoms with van der Waals surface area (Å²) in [6.07, 6.45) is 5.44. The van der Waals surface area contributed by atoms with E-state index in [1.165, 1.54) is 19.3 Å². The molecule has 0 amide bonds. The van der Waals surface area contributed by atoms with Gasteiger partial charge in [0.05, 0.1) is 0 Å². The van der Waals surface area contributed by atoms with E-state index >= 15 is 0 Å². The fourth-order valence-corrected chi connectivity index (χ4v) is 2.59. The summed E-state index contributed by atoms with van der Waals surface area (Å²) in [5.74, 6) is 0.0628. The third kappa shape index (κ3) is 2.64. The Morgan fingerprint density at radius 3 is 3.18 bits per heavy atom. The van der Waals surface area contributed by atoms with Gasteiger partial charge in [0.1, 0.15) is 11.5 Å². The molecule has 1 aliphatic rings. The normalized spacial score (nSPS) is 20.6. The van der Waals surface area contributed by atoms with Crippen molar-refractivity contribution >= 4 is 5.84 Å². The highest BCUT2D eigenvalue weighted by Gasteiger charge is 2.23. The van der Waals surface area contributed by atoms with Crippen LogP contribution in [-0.4, -0.2) is 28.3 Å². The fourth-order valence-electron chi connectivity index (χ4n) is 2.59. The van der Waals surface area contributed by atoms with Gasteiger partial charge in [-0.2, -0.15) is 0 Å². The summed E-state index contributed by atoms with van der Waals surface area (Å²) in [5.41, 5.74) is 7.26. The van der Waals surface area contributed by atoms with E-state index in [0.29, 0.717) is 11.7 Å². The predicted octanol–water partition coefficient (Wildman–Crippen LogP) is 1.74. The molecule has 1 unspecified atom stereocenters. The van der Waals surface area contributed by atoms with E-state index in [1.807, 2.05) is 12.1 Å². The number of aromatic nitrogens is 1. The van der Waals surface area contributed by atoms with Crippen molar-refractivity contribution in [2.24, 2.45) is 5.73 Å². The number of hydrogen-bond acceptors (Lipinski definition) is 3. The van der Waals surface area contributed by atoms with Crippen LogP contribution in [0.2, 0.25) is 0 Å². The first-order valence-electron chi connectivity index (χ1n) is 6.24. The van der Waals surface area contributed by atoms with E-state index in [0.717, 1.165) is 18.7 Å². The van der Waals surface area contributed by atoms with Crippen LogP contribution in [0.1, 0.15) is 37.4 Å². The van der Waals surface area contributed by atoms with Gasteiger partial charge in [0.25, 0.3) is 0 Å². The number of nitrogens with one attached hydrogen (secondary N) is 1. The number of amidine groups is 1. The van der Waals surface area contributed by atoms with Gasteiger partial charge in [-0.25, -0.2) is 0 Å². The van der Waals surface area contributed by atoms with Crippen molar-refractivity contribution in [3.63, 3.8) is 0 Å². The van der Waals surface area contributed by atoms with Crippen LogP contribution in [0.15, 0.2) is 18.3 Å². The topological polar surface area (TPSA) is 66.0 Å². The third-order valence-corrected chi connectivity index (χ3v) is 3.49. The van der Waals surface area contributed by atoms with Crippen molar-refractivity contribution in [2.75, 3.05) is 6.54 Å². The van der Waals surface area contributed by atoms with Crippen molar-refractivity contribution in [2.45, 2.75) is 38.8 Å². The molecular weight excluding hydrogens is 212 g/mol. The van der Waals surface area contributed by atoms with Crippen molar-refractivity contribution in [1.82, 2.24) is 9.88 Å². The monoisotopic (exact) mass is 232 g/mol. The summed E-state index contributed by atoms with van der Waals surface area (Å²) >= 11 is 0. The van der Waals surface area contributed by atoms with Crippen LogP contribution < -0.4 is 5.73 Å². The maximum absolute atomic E-state index is 7.54. The fraction of sp³-hybridized carbons (Fsp3) is 0.538. The van der Waals surface area contributed by atoms with E-state index in [4.69, 9.17) is 11.1 Å². The first-order chi connectivity index (χ1) is 8.22. The van der Waals surface area contributed by atoms with Gasteiger partial charge >= 0.3 is 0 Å². The summed E-state index contributed by atoms with van der Waals surface area (Å²) in [6.45, 7) is 4.24. The molecule has 4 heteroatoms. The molecule has 1 aromatic heterocycles. The summed E-state index contributed by atoms with van der Waals surface area (Å²) in [6, 6.07) is 4.61. The lowest BCUT2D eigenvalue weighted by Gasteiger charge is -2.23. The molecule has 0 radical (unpaired) electrons. The third-order valence-electron chi connectivity index (χ3n) is 3.49. The molecule has 3 N–H and O–H groups in total. The quantitative estimate of drug-likeness (QED) is 0.614. The number of rotatable bonds is 4. The lowest BCUT2D eigenvalue weighted by Crippen LogP contribution is -2.29. The van der Waals surface area contributed by atoms with Crippen molar-refractivity contribution < 1.29 is 0 Å². The zero-order chi connectivity index (χ0) is 12.3. The first-order valence-corrected chi connectivity index (χ1v) is 6.24. The van der Waals surface area contributed by atoms with Crippen molar-refractivity contribution in [3.05, 3.63) is 29.6 Å². The molecule has 0 aliphatic carbocycles. The number of pyridine rings is 1. The number of hydrogen-bond donors (Lipinski definition) is 2. The van der Waals surface area contributed by atoms with Crippen LogP contribution in [0, 0.1) is 5.41 Å². The van der Waals surface area contributed by atoms with Crippen LogP contribution >= 0.6 is 0 Å². The van der Waals surface area contributed by atoms with Gasteiger partial charge in [-0.3, -0.25) is 15.3 Å². The molecule has 2 heterocycles. The Kier molecular flexibility index (Phi) is 3.74. The van der Waals surface area contributed by atoms with Crippen molar-refractivity contribution in [1.29, 1.82) is 5.41 Å². The van der Waals surface area contributed by atoms with Gasteiger partial charge in [-0.15, -0.1) is 0 Å².